The molecule has 0 aromatic heterocycles. The molecule has 1 aliphatic carbocycles. The molecule has 0 heterocycles. The molecule has 0 radical (unpaired) electrons. The zero-order chi connectivity index (χ0) is 13.2. The van der Waals surface area contributed by atoms with Gasteiger partial charge in [0, 0.05) is 20.8 Å². The summed E-state index contributed by atoms with van der Waals surface area (Å²) >= 11 is 0. The summed E-state index contributed by atoms with van der Waals surface area (Å²) in [5.41, 5.74) is 0. The summed E-state index contributed by atoms with van der Waals surface area (Å²) in [6.07, 6.45) is 12.6. The standard InChI is InChI=1S/C16H32O2/c1-4-5-6-7-9-14-10-8-11-15(14)16(18-3)12-13-17-2/h14-16H,4-13H2,1-3H3. The predicted molar refractivity (Wildman–Crippen MR) is 76.9 cm³/mol. The highest BCUT2D eigenvalue weighted by Gasteiger charge is 2.32. The molecule has 0 aromatic carbocycles. The van der Waals surface area contributed by atoms with E-state index in [0.717, 1.165) is 24.9 Å². The van der Waals surface area contributed by atoms with Gasteiger partial charge in [-0.3, -0.25) is 0 Å². The molecule has 0 N–H and O–H groups in total. The monoisotopic (exact) mass is 256 g/mol. The van der Waals surface area contributed by atoms with Crippen molar-refractivity contribution in [2.45, 2.75) is 70.8 Å². The van der Waals surface area contributed by atoms with Crippen molar-refractivity contribution < 1.29 is 9.47 Å². The second kappa shape index (κ2) is 9.80. The quantitative estimate of drug-likeness (QED) is 0.538. The van der Waals surface area contributed by atoms with Crippen molar-refractivity contribution in [3.63, 3.8) is 0 Å². The minimum Gasteiger partial charge on any atom is -0.385 e. The molecule has 0 bridgehead atoms. The lowest BCUT2D eigenvalue weighted by atomic mass is 9.85. The van der Waals surface area contributed by atoms with E-state index < -0.39 is 0 Å². The number of unbranched alkanes of at least 4 members (excludes halogenated alkanes) is 3. The van der Waals surface area contributed by atoms with Crippen LogP contribution in [0.3, 0.4) is 0 Å². The second-order valence-electron chi connectivity index (χ2n) is 5.76. The minimum atomic E-state index is 0.420. The van der Waals surface area contributed by atoms with Gasteiger partial charge < -0.3 is 9.47 Å². The van der Waals surface area contributed by atoms with Gasteiger partial charge in [0.1, 0.15) is 0 Å². The smallest absolute Gasteiger partial charge is 0.0624 e. The zero-order valence-electron chi connectivity index (χ0n) is 12.6. The van der Waals surface area contributed by atoms with Gasteiger partial charge >= 0.3 is 0 Å². The van der Waals surface area contributed by atoms with Crippen molar-refractivity contribution in [2.24, 2.45) is 11.8 Å². The Morgan fingerprint density at radius 3 is 2.61 bits per heavy atom. The molecule has 3 unspecified atom stereocenters. The first-order valence-electron chi connectivity index (χ1n) is 7.85. The van der Waals surface area contributed by atoms with Gasteiger partial charge in [0.25, 0.3) is 0 Å². The van der Waals surface area contributed by atoms with Crippen LogP contribution < -0.4 is 0 Å². The average molecular weight is 256 g/mol. The zero-order valence-corrected chi connectivity index (χ0v) is 12.6. The molecule has 18 heavy (non-hydrogen) atoms. The lowest BCUT2D eigenvalue weighted by Crippen LogP contribution is -2.27. The van der Waals surface area contributed by atoms with Crippen LogP contribution in [0.1, 0.15) is 64.7 Å². The molecule has 108 valence electrons. The van der Waals surface area contributed by atoms with Crippen molar-refractivity contribution in [3.05, 3.63) is 0 Å². The number of methoxy groups -OCH3 is 2. The average Bonchev–Trinajstić information content (AvgIpc) is 2.84. The maximum absolute atomic E-state index is 5.71. The normalized spacial score (nSPS) is 25.5. The molecule has 1 saturated carbocycles. The highest BCUT2D eigenvalue weighted by molar-refractivity contribution is 4.83. The molecule has 0 amide bonds. The third-order valence-corrected chi connectivity index (χ3v) is 4.53. The molecule has 0 spiro atoms. The van der Waals surface area contributed by atoms with E-state index in [1.165, 1.54) is 51.4 Å². The van der Waals surface area contributed by atoms with E-state index in [2.05, 4.69) is 6.92 Å². The molecule has 0 saturated heterocycles. The van der Waals surface area contributed by atoms with Crippen molar-refractivity contribution in [1.82, 2.24) is 0 Å². The first kappa shape index (κ1) is 16.0. The lowest BCUT2D eigenvalue weighted by molar-refractivity contribution is 0.0111. The first-order valence-corrected chi connectivity index (χ1v) is 7.85. The van der Waals surface area contributed by atoms with Crippen LogP contribution in [0.25, 0.3) is 0 Å². The molecule has 1 aliphatic rings. The lowest BCUT2D eigenvalue weighted by Gasteiger charge is -2.27. The fraction of sp³-hybridized carbons (Fsp3) is 1.00. The molecule has 1 fully saturated rings. The number of ether oxygens (including phenoxy) is 2. The Kier molecular flexibility index (Phi) is 8.70. The predicted octanol–water partition coefficient (Wildman–Crippen LogP) is 4.42. The van der Waals surface area contributed by atoms with Gasteiger partial charge in [-0.2, -0.15) is 0 Å². The van der Waals surface area contributed by atoms with E-state index in [1.807, 2.05) is 7.11 Å². The largest absolute Gasteiger partial charge is 0.385 e. The van der Waals surface area contributed by atoms with E-state index in [1.54, 1.807) is 7.11 Å². The van der Waals surface area contributed by atoms with Crippen molar-refractivity contribution >= 4 is 0 Å². The van der Waals surface area contributed by atoms with E-state index in [0.29, 0.717) is 6.10 Å². The van der Waals surface area contributed by atoms with Crippen molar-refractivity contribution in [3.8, 4) is 0 Å². The molecule has 2 heteroatoms. The fourth-order valence-electron chi connectivity index (χ4n) is 3.49. The summed E-state index contributed by atoms with van der Waals surface area (Å²) in [6, 6.07) is 0. The Bertz CT molecular complexity index is 194. The van der Waals surface area contributed by atoms with Crippen LogP contribution in [-0.4, -0.2) is 26.9 Å². The topological polar surface area (TPSA) is 18.5 Å². The summed E-state index contributed by atoms with van der Waals surface area (Å²) < 4.78 is 10.9. The summed E-state index contributed by atoms with van der Waals surface area (Å²) in [6.45, 7) is 3.11. The Hall–Kier alpha value is -0.0800. The summed E-state index contributed by atoms with van der Waals surface area (Å²) in [4.78, 5) is 0. The molecular formula is C16H32O2. The highest BCUT2D eigenvalue weighted by Crippen LogP contribution is 2.39. The molecule has 0 aromatic rings. The molecular weight excluding hydrogens is 224 g/mol. The Labute approximate surface area is 113 Å². The van der Waals surface area contributed by atoms with Gasteiger partial charge in [-0.1, -0.05) is 51.9 Å². The van der Waals surface area contributed by atoms with Gasteiger partial charge in [-0.25, -0.2) is 0 Å². The highest BCUT2D eigenvalue weighted by atomic mass is 16.5. The molecule has 3 atom stereocenters. The van der Waals surface area contributed by atoms with Crippen LogP contribution in [0.15, 0.2) is 0 Å². The summed E-state index contributed by atoms with van der Waals surface area (Å²) in [5, 5.41) is 0. The Morgan fingerprint density at radius 1 is 1.11 bits per heavy atom. The third-order valence-electron chi connectivity index (χ3n) is 4.53. The van der Waals surface area contributed by atoms with Crippen LogP contribution in [0.5, 0.6) is 0 Å². The van der Waals surface area contributed by atoms with Gasteiger partial charge in [-0.05, 0) is 24.7 Å². The Morgan fingerprint density at radius 2 is 1.94 bits per heavy atom. The van der Waals surface area contributed by atoms with Gasteiger partial charge in [0.05, 0.1) is 6.10 Å². The maximum Gasteiger partial charge on any atom is 0.0624 e. The number of rotatable bonds is 10. The van der Waals surface area contributed by atoms with Gasteiger partial charge in [0.2, 0.25) is 0 Å². The molecule has 2 nitrogen and oxygen atoms in total. The second-order valence-corrected chi connectivity index (χ2v) is 5.76. The van der Waals surface area contributed by atoms with Crippen LogP contribution >= 0.6 is 0 Å². The molecule has 0 aliphatic heterocycles. The maximum atomic E-state index is 5.71. The van der Waals surface area contributed by atoms with E-state index >= 15 is 0 Å². The fourth-order valence-corrected chi connectivity index (χ4v) is 3.49. The Balaban J connectivity index is 2.32. The van der Waals surface area contributed by atoms with Crippen LogP contribution in [0.4, 0.5) is 0 Å². The summed E-state index contributed by atoms with van der Waals surface area (Å²) in [7, 11) is 3.65. The van der Waals surface area contributed by atoms with Gasteiger partial charge in [-0.15, -0.1) is 0 Å². The SMILES string of the molecule is CCCCCCC1CCCC1C(CCOC)OC. The van der Waals surface area contributed by atoms with Crippen molar-refractivity contribution in [1.29, 1.82) is 0 Å². The first-order chi connectivity index (χ1) is 8.83. The van der Waals surface area contributed by atoms with Crippen LogP contribution in [0, 0.1) is 11.8 Å². The molecule has 1 rings (SSSR count). The van der Waals surface area contributed by atoms with Gasteiger partial charge in [0.15, 0.2) is 0 Å². The summed E-state index contributed by atoms with van der Waals surface area (Å²) in [5.74, 6) is 1.69. The van der Waals surface area contributed by atoms with Crippen LogP contribution in [-0.2, 0) is 9.47 Å². The van der Waals surface area contributed by atoms with E-state index in [9.17, 15) is 0 Å². The minimum absolute atomic E-state index is 0.420. The van der Waals surface area contributed by atoms with Crippen LogP contribution in [0.2, 0.25) is 0 Å². The van der Waals surface area contributed by atoms with E-state index in [-0.39, 0.29) is 0 Å². The van der Waals surface area contributed by atoms with E-state index in [4.69, 9.17) is 9.47 Å². The number of hydrogen-bond acceptors (Lipinski definition) is 2. The third kappa shape index (κ3) is 5.27. The van der Waals surface area contributed by atoms with Crippen molar-refractivity contribution in [2.75, 3.05) is 20.8 Å². The number of hydrogen-bond donors (Lipinski definition) is 0.